The lowest BCUT2D eigenvalue weighted by atomic mass is 10.0. The Morgan fingerprint density at radius 3 is 1.81 bits per heavy atom. The summed E-state index contributed by atoms with van der Waals surface area (Å²) in [6.45, 7) is 4.26. The highest BCUT2D eigenvalue weighted by Crippen LogP contribution is 2.37. The van der Waals surface area contributed by atoms with E-state index in [1.54, 1.807) is 0 Å². The Morgan fingerprint density at radius 1 is 0.432 bits per heavy atom. The molecule has 6 aromatic carbocycles. The monoisotopic (exact) mass is 475 g/mol. The van der Waals surface area contributed by atoms with Gasteiger partial charge in [-0.05, 0) is 65.6 Å². The van der Waals surface area contributed by atoms with Crippen molar-refractivity contribution in [3.05, 3.63) is 151 Å². The van der Waals surface area contributed by atoms with Crippen LogP contribution in [0, 0.1) is 13.8 Å². The van der Waals surface area contributed by atoms with Crippen LogP contribution in [0.4, 0.5) is 0 Å². The molecular formula is C36H29N. The van der Waals surface area contributed by atoms with Crippen LogP contribution in [-0.4, -0.2) is 4.57 Å². The third-order valence-electron chi connectivity index (χ3n) is 6.98. The van der Waals surface area contributed by atoms with Gasteiger partial charge in [0.05, 0.1) is 11.0 Å². The molecule has 0 spiro atoms. The Hall–Kier alpha value is -4.62. The van der Waals surface area contributed by atoms with E-state index in [9.17, 15) is 0 Å². The van der Waals surface area contributed by atoms with Crippen molar-refractivity contribution in [2.75, 3.05) is 0 Å². The number of rotatable bonds is 2. The fourth-order valence-corrected chi connectivity index (χ4v) is 5.13. The van der Waals surface area contributed by atoms with Crippen molar-refractivity contribution >= 4 is 32.6 Å². The first-order valence-corrected chi connectivity index (χ1v) is 12.8. The number of nitrogens with zero attached hydrogens (tertiary/aromatic N) is 1. The first kappa shape index (κ1) is 22.8. The molecule has 0 aliphatic heterocycles. The van der Waals surface area contributed by atoms with Gasteiger partial charge < -0.3 is 4.57 Å². The van der Waals surface area contributed by atoms with E-state index in [1.807, 2.05) is 6.07 Å². The average molecular weight is 476 g/mol. The number of para-hydroxylation sites is 1. The fraction of sp³-hybridized carbons (Fsp3) is 0.0556. The van der Waals surface area contributed by atoms with Crippen LogP contribution in [0.1, 0.15) is 11.1 Å². The summed E-state index contributed by atoms with van der Waals surface area (Å²) >= 11 is 0. The van der Waals surface area contributed by atoms with Gasteiger partial charge >= 0.3 is 0 Å². The molecule has 0 radical (unpaired) electrons. The van der Waals surface area contributed by atoms with Gasteiger partial charge in [0, 0.05) is 16.5 Å². The molecule has 0 fully saturated rings. The Balaban J connectivity index is 0.000000164. The lowest BCUT2D eigenvalue weighted by molar-refractivity contribution is 1.18. The van der Waals surface area contributed by atoms with Crippen LogP contribution in [-0.2, 0) is 0 Å². The van der Waals surface area contributed by atoms with Gasteiger partial charge in [-0.1, -0.05) is 121 Å². The van der Waals surface area contributed by atoms with Crippen LogP contribution in [0.5, 0.6) is 0 Å². The van der Waals surface area contributed by atoms with Crippen molar-refractivity contribution in [1.29, 1.82) is 0 Å². The molecule has 0 saturated heterocycles. The number of hydrogen-bond donors (Lipinski definition) is 0. The Morgan fingerprint density at radius 2 is 1.05 bits per heavy atom. The van der Waals surface area contributed by atoms with Crippen molar-refractivity contribution in [1.82, 2.24) is 4.57 Å². The second-order valence-electron chi connectivity index (χ2n) is 9.60. The van der Waals surface area contributed by atoms with E-state index in [-0.39, 0.29) is 0 Å². The molecule has 37 heavy (non-hydrogen) atoms. The summed E-state index contributed by atoms with van der Waals surface area (Å²) in [5.74, 6) is 0. The predicted octanol–water partition coefficient (Wildman–Crippen LogP) is 9.91. The summed E-state index contributed by atoms with van der Waals surface area (Å²) in [5, 5.41) is 5.26. The van der Waals surface area contributed by atoms with Crippen LogP contribution in [0.3, 0.4) is 0 Å². The van der Waals surface area contributed by atoms with Gasteiger partial charge in [-0.2, -0.15) is 0 Å². The molecule has 0 bridgehead atoms. The lowest BCUT2D eigenvalue weighted by Crippen LogP contribution is -1.93. The number of fused-ring (bicyclic) bond motifs is 5. The highest BCUT2D eigenvalue weighted by molar-refractivity contribution is 6.21. The standard InChI is InChI=1S/C23H17N.C13H12/c1-16-11-13-20-22(15-16)24(18-8-3-2-4-9-18)21-14-12-17-7-5-6-10-19(17)23(20)21;1-11-7-9-13(10-8-11)12-5-3-2-4-6-12/h2-15H,1H3;2-10H,1H3. The van der Waals surface area contributed by atoms with Crippen LogP contribution in [0.2, 0.25) is 0 Å². The summed E-state index contributed by atoms with van der Waals surface area (Å²) in [4.78, 5) is 0. The molecule has 0 atom stereocenters. The third kappa shape index (κ3) is 4.41. The van der Waals surface area contributed by atoms with E-state index in [2.05, 4.69) is 152 Å². The topological polar surface area (TPSA) is 4.93 Å². The Kier molecular flexibility index (Phi) is 6.04. The van der Waals surface area contributed by atoms with E-state index in [1.165, 1.54) is 60.5 Å². The highest BCUT2D eigenvalue weighted by Gasteiger charge is 2.14. The van der Waals surface area contributed by atoms with Gasteiger partial charge in [0.2, 0.25) is 0 Å². The second kappa shape index (κ2) is 9.79. The maximum Gasteiger partial charge on any atom is 0.0547 e. The van der Waals surface area contributed by atoms with Gasteiger partial charge in [0.1, 0.15) is 0 Å². The number of hydrogen-bond acceptors (Lipinski definition) is 0. The van der Waals surface area contributed by atoms with Crippen molar-refractivity contribution in [2.24, 2.45) is 0 Å². The third-order valence-corrected chi connectivity index (χ3v) is 6.98. The second-order valence-corrected chi connectivity index (χ2v) is 9.60. The van der Waals surface area contributed by atoms with E-state index in [0.717, 1.165) is 0 Å². The minimum Gasteiger partial charge on any atom is -0.309 e. The van der Waals surface area contributed by atoms with Gasteiger partial charge in [-0.25, -0.2) is 0 Å². The molecule has 1 heteroatoms. The zero-order valence-electron chi connectivity index (χ0n) is 21.2. The molecule has 1 heterocycles. The smallest absolute Gasteiger partial charge is 0.0547 e. The van der Waals surface area contributed by atoms with Crippen LogP contribution in [0.15, 0.2) is 140 Å². The maximum atomic E-state index is 2.38. The number of aromatic nitrogens is 1. The van der Waals surface area contributed by atoms with Crippen molar-refractivity contribution in [3.63, 3.8) is 0 Å². The molecule has 7 rings (SSSR count). The van der Waals surface area contributed by atoms with Crippen molar-refractivity contribution in [3.8, 4) is 16.8 Å². The van der Waals surface area contributed by atoms with Gasteiger partial charge in [-0.15, -0.1) is 0 Å². The van der Waals surface area contributed by atoms with Gasteiger partial charge in [-0.3, -0.25) is 0 Å². The maximum absolute atomic E-state index is 2.38. The largest absolute Gasteiger partial charge is 0.309 e. The Labute approximate surface area is 218 Å². The van der Waals surface area contributed by atoms with Crippen molar-refractivity contribution < 1.29 is 0 Å². The van der Waals surface area contributed by atoms with Crippen LogP contribution >= 0.6 is 0 Å². The predicted molar refractivity (Wildman–Crippen MR) is 160 cm³/mol. The number of benzene rings is 6. The molecule has 0 N–H and O–H groups in total. The van der Waals surface area contributed by atoms with Gasteiger partial charge in [0.25, 0.3) is 0 Å². The van der Waals surface area contributed by atoms with Crippen LogP contribution in [0.25, 0.3) is 49.4 Å². The molecule has 0 aliphatic rings. The molecule has 178 valence electrons. The summed E-state index contributed by atoms with van der Waals surface area (Å²) in [5.41, 5.74) is 8.90. The van der Waals surface area contributed by atoms with E-state index >= 15 is 0 Å². The SMILES string of the molecule is Cc1ccc(-c2ccccc2)cc1.Cc1ccc2c3c4ccccc4ccc3n(-c3ccccc3)c2c1. The summed E-state index contributed by atoms with van der Waals surface area (Å²) in [7, 11) is 0. The zero-order chi connectivity index (χ0) is 25.2. The molecule has 0 aliphatic carbocycles. The first-order valence-electron chi connectivity index (χ1n) is 12.8. The first-order chi connectivity index (χ1) is 18.2. The highest BCUT2D eigenvalue weighted by atomic mass is 15.0. The van der Waals surface area contributed by atoms with Crippen LogP contribution < -0.4 is 0 Å². The summed E-state index contributed by atoms with van der Waals surface area (Å²) in [6, 6.07) is 49.5. The zero-order valence-corrected chi connectivity index (χ0v) is 21.2. The molecule has 0 saturated carbocycles. The van der Waals surface area contributed by atoms with Crippen molar-refractivity contribution in [2.45, 2.75) is 13.8 Å². The van der Waals surface area contributed by atoms with Gasteiger partial charge in [0.15, 0.2) is 0 Å². The normalized spacial score (nSPS) is 11.0. The molecule has 1 nitrogen and oxygen atoms in total. The lowest BCUT2D eigenvalue weighted by Gasteiger charge is -2.08. The fourth-order valence-electron chi connectivity index (χ4n) is 5.13. The molecular weight excluding hydrogens is 446 g/mol. The molecule has 7 aromatic rings. The summed E-state index contributed by atoms with van der Waals surface area (Å²) in [6.07, 6.45) is 0. The Bertz CT molecular complexity index is 1810. The van der Waals surface area contributed by atoms with E-state index in [0.29, 0.717) is 0 Å². The van der Waals surface area contributed by atoms with E-state index < -0.39 is 0 Å². The van der Waals surface area contributed by atoms with E-state index in [4.69, 9.17) is 0 Å². The quantitative estimate of drug-likeness (QED) is 0.234. The average Bonchev–Trinajstić information content (AvgIpc) is 3.28. The number of aryl methyl sites for hydroxylation is 2. The minimum absolute atomic E-state index is 1.21. The summed E-state index contributed by atoms with van der Waals surface area (Å²) < 4.78 is 2.38. The molecule has 0 amide bonds. The molecule has 1 aromatic heterocycles. The molecule has 0 unspecified atom stereocenters. The minimum atomic E-state index is 1.21.